The minimum atomic E-state index is -1.29. The number of phenols is 1. The number of esters is 1. The lowest BCUT2D eigenvalue weighted by molar-refractivity contribution is 0.0520. The van der Waals surface area contributed by atoms with Crippen LogP contribution < -0.4 is 0 Å². The van der Waals surface area contributed by atoms with Crippen molar-refractivity contribution in [2.24, 2.45) is 0 Å². The van der Waals surface area contributed by atoms with Crippen LogP contribution in [0, 0.1) is 11.6 Å². The zero-order valence-electron chi connectivity index (χ0n) is 12.2. The number of hydrogen-bond acceptors (Lipinski definition) is 3. The fraction of sp³-hybridized carbons (Fsp3) is 0.118. The molecular weight excluding hydrogens is 304 g/mol. The minimum absolute atomic E-state index is 0.0288. The molecule has 2 aromatic carbocycles. The number of aromatic amines is 1. The average molecular weight is 317 g/mol. The van der Waals surface area contributed by atoms with Gasteiger partial charge in [-0.15, -0.1) is 0 Å². The van der Waals surface area contributed by atoms with Crippen LogP contribution in [0.1, 0.15) is 17.4 Å². The van der Waals surface area contributed by atoms with Gasteiger partial charge < -0.3 is 14.8 Å². The maximum absolute atomic E-state index is 14.0. The summed E-state index contributed by atoms with van der Waals surface area (Å²) in [7, 11) is 0. The van der Waals surface area contributed by atoms with Gasteiger partial charge >= 0.3 is 5.97 Å². The highest BCUT2D eigenvalue weighted by molar-refractivity contribution is 5.96. The normalized spacial score (nSPS) is 10.9. The Morgan fingerprint density at radius 1 is 1.17 bits per heavy atom. The SMILES string of the molecule is CCOC(=O)c1cc2cc(-c3ccc(O)c(F)c3F)ccc2[nH]1. The summed E-state index contributed by atoms with van der Waals surface area (Å²) in [6, 6.07) is 8.88. The summed E-state index contributed by atoms with van der Waals surface area (Å²) in [4.78, 5) is 14.6. The molecule has 0 atom stereocenters. The van der Waals surface area contributed by atoms with Crippen molar-refractivity contribution in [3.63, 3.8) is 0 Å². The van der Waals surface area contributed by atoms with Gasteiger partial charge in [-0.3, -0.25) is 0 Å². The molecule has 0 radical (unpaired) electrons. The van der Waals surface area contributed by atoms with E-state index >= 15 is 0 Å². The number of hydrogen-bond donors (Lipinski definition) is 2. The number of rotatable bonds is 3. The van der Waals surface area contributed by atoms with Crippen molar-refractivity contribution in [1.82, 2.24) is 4.98 Å². The summed E-state index contributed by atoms with van der Waals surface area (Å²) in [5, 5.41) is 9.85. The Labute approximate surface area is 130 Å². The molecule has 0 bridgehead atoms. The molecule has 3 rings (SSSR count). The second kappa shape index (κ2) is 5.72. The monoisotopic (exact) mass is 317 g/mol. The Balaban J connectivity index is 2.07. The first-order valence-electron chi connectivity index (χ1n) is 6.98. The molecule has 0 aliphatic carbocycles. The number of ether oxygens (including phenoxy) is 1. The van der Waals surface area contributed by atoms with Crippen molar-refractivity contribution in [2.45, 2.75) is 6.92 Å². The highest BCUT2D eigenvalue weighted by Crippen LogP contribution is 2.31. The van der Waals surface area contributed by atoms with E-state index in [0.717, 1.165) is 6.07 Å². The second-order valence-electron chi connectivity index (χ2n) is 4.97. The van der Waals surface area contributed by atoms with Gasteiger partial charge in [-0.05, 0) is 42.8 Å². The smallest absolute Gasteiger partial charge is 0.354 e. The number of H-pyrrole nitrogens is 1. The van der Waals surface area contributed by atoms with Crippen LogP contribution in [-0.2, 0) is 4.74 Å². The van der Waals surface area contributed by atoms with Gasteiger partial charge in [0.25, 0.3) is 0 Å². The number of nitrogens with one attached hydrogen (secondary N) is 1. The largest absolute Gasteiger partial charge is 0.505 e. The molecule has 4 nitrogen and oxygen atoms in total. The van der Waals surface area contributed by atoms with Crippen LogP contribution >= 0.6 is 0 Å². The summed E-state index contributed by atoms with van der Waals surface area (Å²) in [6.07, 6.45) is 0. The molecule has 3 aromatic rings. The van der Waals surface area contributed by atoms with Gasteiger partial charge in [-0.2, -0.15) is 4.39 Å². The Morgan fingerprint density at radius 3 is 2.70 bits per heavy atom. The molecule has 0 unspecified atom stereocenters. The lowest BCUT2D eigenvalue weighted by atomic mass is 10.0. The molecule has 0 fully saturated rings. The van der Waals surface area contributed by atoms with E-state index in [4.69, 9.17) is 4.74 Å². The number of phenolic OH excluding ortho intramolecular Hbond substituents is 1. The minimum Gasteiger partial charge on any atom is -0.505 e. The highest BCUT2D eigenvalue weighted by atomic mass is 19.2. The summed E-state index contributed by atoms with van der Waals surface area (Å²) in [5.74, 6) is -3.62. The quantitative estimate of drug-likeness (QED) is 0.718. The van der Waals surface area contributed by atoms with E-state index in [2.05, 4.69) is 4.98 Å². The van der Waals surface area contributed by atoms with Crippen molar-refractivity contribution < 1.29 is 23.4 Å². The molecule has 1 aromatic heterocycles. The van der Waals surface area contributed by atoms with Crippen molar-refractivity contribution in [1.29, 1.82) is 0 Å². The molecule has 0 aliphatic rings. The van der Waals surface area contributed by atoms with Gasteiger partial charge in [0.05, 0.1) is 6.61 Å². The predicted octanol–water partition coefficient (Wildman–Crippen LogP) is 4.00. The topological polar surface area (TPSA) is 62.3 Å². The van der Waals surface area contributed by atoms with E-state index in [1.807, 2.05) is 0 Å². The van der Waals surface area contributed by atoms with Crippen LogP contribution in [0.25, 0.3) is 22.0 Å². The van der Waals surface area contributed by atoms with Gasteiger partial charge in [-0.25, -0.2) is 9.18 Å². The van der Waals surface area contributed by atoms with Gasteiger partial charge in [0, 0.05) is 16.5 Å². The average Bonchev–Trinajstić information content (AvgIpc) is 2.96. The van der Waals surface area contributed by atoms with Crippen molar-refractivity contribution >= 4 is 16.9 Å². The first-order chi connectivity index (χ1) is 11.0. The van der Waals surface area contributed by atoms with Crippen molar-refractivity contribution in [2.75, 3.05) is 6.61 Å². The first kappa shape index (κ1) is 15.0. The van der Waals surface area contributed by atoms with Crippen LogP contribution in [0.15, 0.2) is 36.4 Å². The number of carbonyl (C=O) groups excluding carboxylic acids is 1. The van der Waals surface area contributed by atoms with E-state index in [1.165, 1.54) is 6.07 Å². The van der Waals surface area contributed by atoms with E-state index in [-0.39, 0.29) is 17.9 Å². The standard InChI is InChI=1S/C17H13F2NO3/c1-2-23-17(22)13-8-10-7-9(3-5-12(10)20-13)11-4-6-14(21)16(19)15(11)18/h3-8,20-21H,2H2,1H3. The van der Waals surface area contributed by atoms with Crippen molar-refractivity contribution in [3.8, 4) is 16.9 Å². The van der Waals surface area contributed by atoms with E-state index in [9.17, 15) is 18.7 Å². The van der Waals surface area contributed by atoms with E-state index in [1.54, 1.807) is 31.2 Å². The number of benzene rings is 2. The molecule has 2 N–H and O–H groups in total. The maximum atomic E-state index is 14.0. The third-order valence-corrected chi connectivity index (χ3v) is 3.49. The van der Waals surface area contributed by atoms with Crippen LogP contribution in [0.5, 0.6) is 5.75 Å². The lowest BCUT2D eigenvalue weighted by Gasteiger charge is -2.05. The Bertz CT molecular complexity index is 902. The number of carbonyl (C=O) groups is 1. The Kier molecular flexibility index (Phi) is 3.73. The summed E-state index contributed by atoms with van der Waals surface area (Å²) < 4.78 is 32.4. The molecule has 6 heteroatoms. The number of fused-ring (bicyclic) bond motifs is 1. The fourth-order valence-electron chi connectivity index (χ4n) is 2.38. The second-order valence-corrected chi connectivity index (χ2v) is 4.97. The highest BCUT2D eigenvalue weighted by Gasteiger charge is 2.16. The molecule has 118 valence electrons. The summed E-state index contributed by atoms with van der Waals surface area (Å²) in [6.45, 7) is 1.97. The number of aromatic hydroxyl groups is 1. The predicted molar refractivity (Wildman–Crippen MR) is 81.3 cm³/mol. The van der Waals surface area contributed by atoms with Gasteiger partial charge in [0.15, 0.2) is 11.6 Å². The molecule has 0 spiro atoms. The fourth-order valence-corrected chi connectivity index (χ4v) is 2.38. The van der Waals surface area contributed by atoms with E-state index in [0.29, 0.717) is 16.5 Å². The number of aromatic nitrogens is 1. The van der Waals surface area contributed by atoms with Gasteiger partial charge in [0.1, 0.15) is 5.69 Å². The van der Waals surface area contributed by atoms with Gasteiger partial charge in [-0.1, -0.05) is 6.07 Å². The molecular formula is C17H13F2NO3. The molecule has 0 amide bonds. The molecule has 1 heterocycles. The summed E-state index contributed by atoms with van der Waals surface area (Å²) >= 11 is 0. The van der Waals surface area contributed by atoms with Crippen molar-refractivity contribution in [3.05, 3.63) is 53.7 Å². The third kappa shape index (κ3) is 2.63. The Morgan fingerprint density at radius 2 is 1.96 bits per heavy atom. The molecule has 23 heavy (non-hydrogen) atoms. The maximum Gasteiger partial charge on any atom is 0.354 e. The van der Waals surface area contributed by atoms with Crippen LogP contribution in [0.4, 0.5) is 8.78 Å². The van der Waals surface area contributed by atoms with Crippen LogP contribution in [-0.4, -0.2) is 22.7 Å². The third-order valence-electron chi connectivity index (χ3n) is 3.49. The molecule has 0 saturated heterocycles. The zero-order valence-corrected chi connectivity index (χ0v) is 12.2. The summed E-state index contributed by atoms with van der Waals surface area (Å²) in [5.41, 5.74) is 1.43. The van der Waals surface area contributed by atoms with E-state index < -0.39 is 23.4 Å². The Hall–Kier alpha value is -2.89. The van der Waals surface area contributed by atoms with Crippen LogP contribution in [0.2, 0.25) is 0 Å². The van der Waals surface area contributed by atoms with Crippen LogP contribution in [0.3, 0.4) is 0 Å². The zero-order chi connectivity index (χ0) is 16.6. The van der Waals surface area contributed by atoms with Gasteiger partial charge in [0.2, 0.25) is 5.82 Å². The first-order valence-corrected chi connectivity index (χ1v) is 6.98. The molecule has 0 saturated carbocycles. The lowest BCUT2D eigenvalue weighted by Crippen LogP contribution is -2.04. The number of halogens is 2. The molecule has 0 aliphatic heterocycles.